The van der Waals surface area contributed by atoms with Crippen molar-refractivity contribution in [3.8, 4) is 0 Å². The van der Waals surface area contributed by atoms with Gasteiger partial charge in [-0.15, -0.1) is 0 Å². The predicted octanol–water partition coefficient (Wildman–Crippen LogP) is 3.10. The van der Waals surface area contributed by atoms with E-state index in [9.17, 15) is 22.4 Å². The highest BCUT2D eigenvalue weighted by Crippen LogP contribution is 2.55. The van der Waals surface area contributed by atoms with Crippen molar-refractivity contribution in [2.75, 3.05) is 19.7 Å². The summed E-state index contributed by atoms with van der Waals surface area (Å²) in [7, 11) is -3.86. The van der Waals surface area contributed by atoms with Gasteiger partial charge in [-0.25, -0.2) is 17.6 Å². The van der Waals surface area contributed by atoms with E-state index in [1.165, 1.54) is 23.6 Å². The average Bonchev–Trinajstić information content (AvgIpc) is 2.71. The summed E-state index contributed by atoms with van der Waals surface area (Å²) in [6.45, 7) is 3.37. The number of carbonyl (C=O) groups excluding carboxylic acids is 2. The van der Waals surface area contributed by atoms with Crippen LogP contribution < -0.4 is 5.32 Å². The maximum atomic E-state index is 14.3. The highest BCUT2D eigenvalue weighted by molar-refractivity contribution is 7.89. The van der Waals surface area contributed by atoms with Gasteiger partial charge < -0.3 is 10.1 Å². The van der Waals surface area contributed by atoms with Crippen molar-refractivity contribution in [2.45, 2.75) is 62.8 Å². The third-order valence-electron chi connectivity index (χ3n) is 7.28. The zero-order valence-electron chi connectivity index (χ0n) is 18.6. The molecule has 1 aromatic rings. The number of amides is 1. The SMILES string of the molecule is CCN(CC)S(=O)(=O)c1ccc(F)c(C(=O)OCC(=O)NC23CC4CC(CC(C4)C2)C3)c1. The first-order valence-electron chi connectivity index (χ1n) is 11.4. The number of halogens is 1. The second kappa shape index (κ2) is 8.74. The Kier molecular flexibility index (Phi) is 6.33. The minimum absolute atomic E-state index is 0.187. The molecule has 0 aliphatic heterocycles. The minimum Gasteiger partial charge on any atom is -0.452 e. The van der Waals surface area contributed by atoms with Crippen molar-refractivity contribution in [1.29, 1.82) is 0 Å². The summed E-state index contributed by atoms with van der Waals surface area (Å²) in [5.41, 5.74) is -0.706. The second-order valence-corrected chi connectivity index (χ2v) is 11.5. The summed E-state index contributed by atoms with van der Waals surface area (Å²) in [5, 5.41) is 3.10. The fraction of sp³-hybridized carbons (Fsp3) is 0.652. The van der Waals surface area contributed by atoms with E-state index in [2.05, 4.69) is 5.32 Å². The van der Waals surface area contributed by atoms with Gasteiger partial charge >= 0.3 is 5.97 Å². The number of carbonyl (C=O) groups is 2. The number of nitrogens with zero attached hydrogens (tertiary/aromatic N) is 1. The Morgan fingerprint density at radius 2 is 1.66 bits per heavy atom. The van der Waals surface area contributed by atoms with Gasteiger partial charge in [0.05, 0.1) is 10.5 Å². The van der Waals surface area contributed by atoms with E-state index in [0.717, 1.165) is 37.5 Å². The number of hydrogen-bond donors (Lipinski definition) is 1. The van der Waals surface area contributed by atoms with Crippen LogP contribution in [0.3, 0.4) is 0 Å². The molecule has 0 aromatic heterocycles. The van der Waals surface area contributed by atoms with E-state index in [1.54, 1.807) is 13.8 Å². The standard InChI is InChI=1S/C23H31FN2O5S/c1-3-26(4-2)32(29,30)18-5-6-20(24)19(10-18)22(28)31-14-21(27)25-23-11-15-7-16(12-23)9-17(8-15)13-23/h5-6,10,15-17H,3-4,7-9,11-14H2,1-2H3,(H,25,27). The highest BCUT2D eigenvalue weighted by atomic mass is 32.2. The molecule has 1 aromatic carbocycles. The van der Waals surface area contributed by atoms with Crippen LogP contribution in [0.5, 0.6) is 0 Å². The zero-order chi connectivity index (χ0) is 23.1. The van der Waals surface area contributed by atoms with Crippen LogP contribution >= 0.6 is 0 Å². The van der Waals surface area contributed by atoms with Crippen molar-refractivity contribution < 1.29 is 27.1 Å². The Bertz CT molecular complexity index is 970. The van der Waals surface area contributed by atoms with Crippen molar-refractivity contribution in [2.24, 2.45) is 17.8 Å². The molecule has 176 valence electrons. The molecule has 5 rings (SSSR count). The molecule has 1 amide bonds. The Balaban J connectivity index is 1.40. The topological polar surface area (TPSA) is 92.8 Å². The maximum Gasteiger partial charge on any atom is 0.341 e. The lowest BCUT2D eigenvalue weighted by atomic mass is 9.53. The maximum absolute atomic E-state index is 14.3. The summed E-state index contributed by atoms with van der Waals surface area (Å²) in [4.78, 5) is 24.8. The molecule has 0 saturated heterocycles. The smallest absolute Gasteiger partial charge is 0.341 e. The van der Waals surface area contributed by atoms with Crippen molar-refractivity contribution >= 4 is 21.9 Å². The van der Waals surface area contributed by atoms with Crippen LogP contribution in [0.2, 0.25) is 0 Å². The number of nitrogens with one attached hydrogen (secondary N) is 1. The van der Waals surface area contributed by atoms with Crippen molar-refractivity contribution in [3.05, 3.63) is 29.6 Å². The summed E-state index contributed by atoms with van der Waals surface area (Å²) < 4.78 is 45.9. The van der Waals surface area contributed by atoms with Gasteiger partial charge in [0.1, 0.15) is 5.82 Å². The first-order chi connectivity index (χ1) is 15.2. The lowest BCUT2D eigenvalue weighted by Crippen LogP contribution is -2.60. The van der Waals surface area contributed by atoms with Crippen LogP contribution in [0, 0.1) is 23.6 Å². The minimum atomic E-state index is -3.86. The van der Waals surface area contributed by atoms with Crippen LogP contribution in [-0.4, -0.2) is 49.8 Å². The number of sulfonamides is 1. The van der Waals surface area contributed by atoms with Gasteiger partial charge in [0.2, 0.25) is 10.0 Å². The third kappa shape index (κ3) is 4.41. The fourth-order valence-electron chi connectivity index (χ4n) is 6.34. The molecule has 4 saturated carbocycles. The second-order valence-electron chi connectivity index (χ2n) is 9.55. The molecular formula is C23H31FN2O5S. The predicted molar refractivity (Wildman–Crippen MR) is 116 cm³/mol. The van der Waals surface area contributed by atoms with E-state index in [-0.39, 0.29) is 23.5 Å². The molecule has 7 nitrogen and oxygen atoms in total. The number of benzene rings is 1. The molecule has 0 spiro atoms. The molecule has 4 fully saturated rings. The lowest BCUT2D eigenvalue weighted by Gasteiger charge is -2.56. The first-order valence-corrected chi connectivity index (χ1v) is 12.9. The molecule has 32 heavy (non-hydrogen) atoms. The van der Waals surface area contributed by atoms with E-state index < -0.39 is 39.9 Å². The normalized spacial score (nSPS) is 28.7. The van der Waals surface area contributed by atoms with Crippen LogP contribution in [-0.2, 0) is 19.6 Å². The largest absolute Gasteiger partial charge is 0.452 e. The number of rotatable bonds is 8. The monoisotopic (exact) mass is 466 g/mol. The van der Waals surface area contributed by atoms with E-state index in [4.69, 9.17) is 4.74 Å². The molecule has 4 bridgehead atoms. The van der Waals surface area contributed by atoms with Gasteiger partial charge in [-0.3, -0.25) is 4.79 Å². The molecule has 0 atom stereocenters. The van der Waals surface area contributed by atoms with E-state index in [0.29, 0.717) is 17.8 Å². The lowest BCUT2D eigenvalue weighted by molar-refractivity contribution is -0.130. The summed E-state index contributed by atoms with van der Waals surface area (Å²) >= 11 is 0. The van der Waals surface area contributed by atoms with Crippen molar-refractivity contribution in [3.63, 3.8) is 0 Å². The quantitative estimate of drug-likeness (QED) is 0.595. The van der Waals surface area contributed by atoms with Crippen LogP contribution in [0.25, 0.3) is 0 Å². The van der Waals surface area contributed by atoms with E-state index >= 15 is 0 Å². The highest BCUT2D eigenvalue weighted by Gasteiger charge is 2.51. The first kappa shape index (κ1) is 23.2. The molecular weight excluding hydrogens is 435 g/mol. The van der Waals surface area contributed by atoms with Gasteiger partial charge in [-0.1, -0.05) is 13.8 Å². The Morgan fingerprint density at radius 3 is 2.19 bits per heavy atom. The number of ether oxygens (including phenoxy) is 1. The number of esters is 1. The summed E-state index contributed by atoms with van der Waals surface area (Å²) in [6.07, 6.45) is 6.65. The zero-order valence-corrected chi connectivity index (χ0v) is 19.4. The van der Waals surface area contributed by atoms with Gasteiger partial charge in [-0.05, 0) is 74.5 Å². The molecule has 1 N–H and O–H groups in total. The molecule has 0 heterocycles. The molecule has 4 aliphatic rings. The average molecular weight is 467 g/mol. The third-order valence-corrected chi connectivity index (χ3v) is 9.32. The Hall–Kier alpha value is -2.00. The van der Waals surface area contributed by atoms with Crippen LogP contribution in [0.1, 0.15) is 62.7 Å². The summed E-state index contributed by atoms with van der Waals surface area (Å²) in [6, 6.07) is 3.03. The van der Waals surface area contributed by atoms with Crippen LogP contribution in [0.15, 0.2) is 23.1 Å². The van der Waals surface area contributed by atoms with Crippen LogP contribution in [0.4, 0.5) is 4.39 Å². The van der Waals surface area contributed by atoms with Gasteiger partial charge in [0.25, 0.3) is 5.91 Å². The van der Waals surface area contributed by atoms with Crippen molar-refractivity contribution in [1.82, 2.24) is 9.62 Å². The van der Waals surface area contributed by atoms with Gasteiger partial charge in [0, 0.05) is 18.6 Å². The number of hydrogen-bond acceptors (Lipinski definition) is 5. The van der Waals surface area contributed by atoms with Gasteiger partial charge in [0.15, 0.2) is 6.61 Å². The Labute approximate surface area is 188 Å². The van der Waals surface area contributed by atoms with Gasteiger partial charge in [-0.2, -0.15) is 4.31 Å². The molecule has 0 unspecified atom stereocenters. The fourth-order valence-corrected chi connectivity index (χ4v) is 7.82. The molecule has 4 aliphatic carbocycles. The molecule has 9 heteroatoms. The summed E-state index contributed by atoms with van der Waals surface area (Å²) in [5.74, 6) is -0.363. The molecule has 0 radical (unpaired) electrons. The van der Waals surface area contributed by atoms with E-state index in [1.807, 2.05) is 0 Å². The Morgan fingerprint density at radius 1 is 1.09 bits per heavy atom.